The van der Waals surface area contributed by atoms with Crippen LogP contribution in [0.1, 0.15) is 91.0 Å². The molecule has 1 saturated heterocycles. The second kappa shape index (κ2) is 15.4. The van der Waals surface area contributed by atoms with Gasteiger partial charge in [0.25, 0.3) is 0 Å². The quantitative estimate of drug-likeness (QED) is 0.206. The van der Waals surface area contributed by atoms with Gasteiger partial charge in [-0.15, -0.1) is 0 Å². The third kappa shape index (κ3) is 8.15. The van der Waals surface area contributed by atoms with Crippen molar-refractivity contribution in [2.24, 2.45) is 5.92 Å². The number of anilines is 2. The topological polar surface area (TPSA) is 76.2 Å². The third-order valence-corrected chi connectivity index (χ3v) is 7.33. The predicted molar refractivity (Wildman–Crippen MR) is 155 cm³/mol. The number of carbonyl (C=O) groups excluding carboxylic acids is 3. The summed E-state index contributed by atoms with van der Waals surface area (Å²) < 4.78 is 12.4. The highest BCUT2D eigenvalue weighted by molar-refractivity contribution is 6.35. The van der Waals surface area contributed by atoms with Crippen molar-refractivity contribution in [1.82, 2.24) is 0 Å². The van der Waals surface area contributed by atoms with Gasteiger partial charge in [-0.1, -0.05) is 84.1 Å². The highest BCUT2D eigenvalue weighted by Crippen LogP contribution is 2.33. The molecule has 0 aliphatic carbocycles. The van der Waals surface area contributed by atoms with Crippen LogP contribution in [0.2, 0.25) is 0 Å². The number of nitrogens with zero attached hydrogens (tertiary/aromatic N) is 2. The van der Waals surface area contributed by atoms with E-state index in [-0.39, 0.29) is 12.7 Å². The molecular formula is C32H44N2O5. The van der Waals surface area contributed by atoms with Gasteiger partial charge in [-0.3, -0.25) is 9.59 Å². The summed E-state index contributed by atoms with van der Waals surface area (Å²) in [5.74, 6) is -0.0665. The summed E-state index contributed by atoms with van der Waals surface area (Å²) in [6.45, 7) is 9.42. The first kappa shape index (κ1) is 30.4. The normalized spacial score (nSPS) is 15.5. The summed E-state index contributed by atoms with van der Waals surface area (Å²) in [6, 6.07) is 13.5. The van der Waals surface area contributed by atoms with Crippen molar-refractivity contribution in [3.63, 3.8) is 0 Å². The molecule has 0 spiro atoms. The summed E-state index contributed by atoms with van der Waals surface area (Å²) in [7, 11) is 0. The van der Waals surface area contributed by atoms with E-state index in [9.17, 15) is 14.4 Å². The van der Waals surface area contributed by atoms with E-state index < -0.39 is 24.3 Å². The fourth-order valence-corrected chi connectivity index (χ4v) is 4.79. The second-order valence-corrected chi connectivity index (χ2v) is 10.3. The average Bonchev–Trinajstić information content (AvgIpc) is 2.94. The van der Waals surface area contributed by atoms with Crippen LogP contribution >= 0.6 is 0 Å². The Bertz CT molecular complexity index is 1090. The number of benzene rings is 2. The van der Waals surface area contributed by atoms with Gasteiger partial charge in [-0.05, 0) is 43.4 Å². The van der Waals surface area contributed by atoms with E-state index in [2.05, 4.69) is 27.7 Å². The molecule has 1 aliphatic heterocycles. The standard InChI is InChI=1S/C32H44N2O5/c1-5-9-14-24(7-3)22-38-28-19-18-25(23-39-27(8-4)17-10-6-2)29(20-28)34-31(36)21-30(35)33(32(34)37)26-15-12-11-13-16-26/h11-13,15-16,18-20,24,27H,5-10,14,17,21-23H2,1-4H3. The summed E-state index contributed by atoms with van der Waals surface area (Å²) >= 11 is 0. The Balaban J connectivity index is 1.93. The lowest BCUT2D eigenvalue weighted by Crippen LogP contribution is -2.56. The SMILES string of the molecule is CCCCC(CC)COc1ccc(COC(CC)CCCC)c(N2C(=O)CC(=O)N(c3ccccc3)C2=O)c1. The zero-order chi connectivity index (χ0) is 28.2. The van der Waals surface area contributed by atoms with Crippen LogP contribution in [0.5, 0.6) is 5.75 Å². The van der Waals surface area contributed by atoms with E-state index in [0.29, 0.717) is 35.2 Å². The van der Waals surface area contributed by atoms with Crippen LogP contribution in [0.15, 0.2) is 48.5 Å². The Morgan fingerprint density at radius 1 is 0.821 bits per heavy atom. The average molecular weight is 537 g/mol. The fraction of sp³-hybridized carbons (Fsp3) is 0.531. The number of hydrogen-bond donors (Lipinski definition) is 0. The molecule has 2 aromatic carbocycles. The smallest absolute Gasteiger partial charge is 0.342 e. The van der Waals surface area contributed by atoms with Gasteiger partial charge in [-0.25, -0.2) is 14.6 Å². The second-order valence-electron chi connectivity index (χ2n) is 10.3. The molecule has 2 unspecified atom stereocenters. The largest absolute Gasteiger partial charge is 0.493 e. The molecule has 2 atom stereocenters. The van der Waals surface area contributed by atoms with E-state index in [4.69, 9.17) is 9.47 Å². The molecule has 2 aromatic rings. The molecule has 0 bridgehead atoms. The molecular weight excluding hydrogens is 492 g/mol. The zero-order valence-corrected chi connectivity index (χ0v) is 24.0. The predicted octanol–water partition coefficient (Wildman–Crippen LogP) is 7.66. The lowest BCUT2D eigenvalue weighted by atomic mass is 10.0. The minimum atomic E-state index is -0.687. The number of rotatable bonds is 16. The summed E-state index contributed by atoms with van der Waals surface area (Å²) in [4.78, 5) is 41.9. The number of imide groups is 2. The van der Waals surface area contributed by atoms with Crippen molar-refractivity contribution in [3.05, 3.63) is 54.1 Å². The number of amides is 4. The number of barbiturate groups is 1. The first-order valence-corrected chi connectivity index (χ1v) is 14.6. The van der Waals surface area contributed by atoms with Crippen molar-refractivity contribution in [2.45, 2.75) is 98.2 Å². The molecule has 1 heterocycles. The molecule has 3 rings (SSSR count). The van der Waals surface area contributed by atoms with Crippen LogP contribution in [0.4, 0.5) is 16.2 Å². The van der Waals surface area contributed by atoms with E-state index in [1.54, 1.807) is 30.3 Å². The fourth-order valence-electron chi connectivity index (χ4n) is 4.79. The Labute approximate surface area is 233 Å². The molecule has 4 amide bonds. The van der Waals surface area contributed by atoms with Crippen molar-refractivity contribution >= 4 is 29.2 Å². The molecule has 39 heavy (non-hydrogen) atoms. The van der Waals surface area contributed by atoms with Gasteiger partial charge in [0.15, 0.2) is 0 Å². The molecule has 0 radical (unpaired) electrons. The molecule has 0 saturated carbocycles. The number of carbonyl (C=O) groups is 3. The minimum Gasteiger partial charge on any atom is -0.493 e. The molecule has 7 nitrogen and oxygen atoms in total. The third-order valence-electron chi connectivity index (χ3n) is 7.33. The van der Waals surface area contributed by atoms with Gasteiger partial charge in [0, 0.05) is 11.6 Å². The van der Waals surface area contributed by atoms with Gasteiger partial charge in [0.05, 0.1) is 30.7 Å². The van der Waals surface area contributed by atoms with Crippen molar-refractivity contribution in [3.8, 4) is 5.75 Å². The monoisotopic (exact) mass is 536 g/mol. The van der Waals surface area contributed by atoms with Gasteiger partial charge in [-0.2, -0.15) is 0 Å². The summed E-state index contributed by atoms with van der Waals surface area (Å²) in [5.41, 5.74) is 1.55. The van der Waals surface area contributed by atoms with E-state index >= 15 is 0 Å². The summed E-state index contributed by atoms with van der Waals surface area (Å²) in [6.07, 6.45) is 8.11. The van der Waals surface area contributed by atoms with Gasteiger partial charge in [0.2, 0.25) is 11.8 Å². The van der Waals surface area contributed by atoms with E-state index in [1.165, 1.54) is 0 Å². The number of hydrogen-bond acceptors (Lipinski definition) is 5. The van der Waals surface area contributed by atoms with Crippen LogP contribution < -0.4 is 14.5 Å². The van der Waals surface area contributed by atoms with Gasteiger partial charge < -0.3 is 9.47 Å². The lowest BCUT2D eigenvalue weighted by molar-refractivity contribution is -0.126. The number of unbranched alkanes of at least 4 members (excludes halogenated alkanes) is 2. The summed E-state index contributed by atoms with van der Waals surface area (Å²) in [5, 5.41) is 0. The Morgan fingerprint density at radius 3 is 2.18 bits per heavy atom. The molecule has 0 N–H and O–H groups in total. The maximum Gasteiger partial charge on any atom is 0.342 e. The maximum absolute atomic E-state index is 13.7. The van der Waals surface area contributed by atoms with Crippen molar-refractivity contribution < 1.29 is 23.9 Å². The lowest BCUT2D eigenvalue weighted by Gasteiger charge is -2.34. The Hall–Kier alpha value is -3.19. The van der Waals surface area contributed by atoms with E-state index in [1.807, 2.05) is 18.2 Å². The maximum atomic E-state index is 13.7. The number of urea groups is 1. The van der Waals surface area contributed by atoms with E-state index in [0.717, 1.165) is 61.2 Å². The van der Waals surface area contributed by atoms with Crippen LogP contribution in [0, 0.1) is 5.92 Å². The molecule has 212 valence electrons. The van der Waals surface area contributed by atoms with Crippen molar-refractivity contribution in [2.75, 3.05) is 16.4 Å². The van der Waals surface area contributed by atoms with Gasteiger partial charge >= 0.3 is 6.03 Å². The van der Waals surface area contributed by atoms with Crippen LogP contribution in [-0.2, 0) is 20.9 Å². The molecule has 1 aliphatic rings. The molecule has 7 heteroatoms. The van der Waals surface area contributed by atoms with Crippen molar-refractivity contribution in [1.29, 1.82) is 0 Å². The number of ether oxygens (including phenoxy) is 2. The first-order valence-electron chi connectivity index (χ1n) is 14.6. The van der Waals surface area contributed by atoms with Crippen LogP contribution in [-0.4, -0.2) is 30.6 Å². The van der Waals surface area contributed by atoms with Gasteiger partial charge in [0.1, 0.15) is 12.2 Å². The van der Waals surface area contributed by atoms with Crippen LogP contribution in [0.3, 0.4) is 0 Å². The highest BCUT2D eigenvalue weighted by Gasteiger charge is 2.40. The zero-order valence-electron chi connectivity index (χ0n) is 24.0. The molecule has 0 aromatic heterocycles. The Kier molecular flexibility index (Phi) is 12.0. The molecule has 1 fully saturated rings. The number of para-hydroxylation sites is 1. The Morgan fingerprint density at radius 2 is 1.51 bits per heavy atom. The first-order chi connectivity index (χ1) is 18.9. The van der Waals surface area contributed by atoms with Crippen LogP contribution in [0.25, 0.3) is 0 Å². The highest BCUT2D eigenvalue weighted by atomic mass is 16.5. The minimum absolute atomic E-state index is 0.0905.